The Morgan fingerprint density at radius 2 is 2.08 bits per heavy atom. The fourth-order valence-electron chi connectivity index (χ4n) is 0.528. The minimum absolute atomic E-state index is 0.0997. The molecule has 4 nitrogen and oxygen atoms in total. The highest BCUT2D eigenvalue weighted by Gasteiger charge is 2.03. The molecule has 0 unspecified atom stereocenters. The molecule has 0 aliphatic rings. The van der Waals surface area contributed by atoms with Gasteiger partial charge in [0.2, 0.25) is 10.0 Å². The van der Waals surface area contributed by atoms with Gasteiger partial charge in [-0.15, -0.1) is 11.6 Å². The third kappa shape index (κ3) is 6.84. The van der Waals surface area contributed by atoms with Crippen LogP contribution in [0.15, 0.2) is 0 Å². The number of hydrogen-bond acceptors (Lipinski definition) is 3. The molecule has 0 aromatic rings. The molecule has 0 bridgehead atoms. The summed E-state index contributed by atoms with van der Waals surface area (Å²) in [5.74, 6) is 0.531. The molecule has 0 aromatic heterocycles. The van der Waals surface area contributed by atoms with Gasteiger partial charge in [0.15, 0.2) is 0 Å². The highest BCUT2D eigenvalue weighted by molar-refractivity contribution is 7.89. The lowest BCUT2D eigenvalue weighted by Gasteiger charge is -2.03. The fourth-order valence-corrected chi connectivity index (χ4v) is 1.24. The van der Waals surface area contributed by atoms with Crippen LogP contribution in [-0.4, -0.2) is 39.8 Å². The van der Waals surface area contributed by atoms with Crippen molar-refractivity contribution < 1.29 is 13.2 Å². The number of ether oxygens (including phenoxy) is 1. The number of nitrogens with one attached hydrogen (secondary N) is 1. The predicted octanol–water partition coefficient (Wildman–Crippen LogP) is 0.181. The molecule has 0 heterocycles. The van der Waals surface area contributed by atoms with Crippen LogP contribution in [0.5, 0.6) is 0 Å². The van der Waals surface area contributed by atoms with Gasteiger partial charge >= 0.3 is 0 Å². The molecule has 0 atom stereocenters. The van der Waals surface area contributed by atoms with Gasteiger partial charge < -0.3 is 4.74 Å². The summed E-state index contributed by atoms with van der Waals surface area (Å²) >= 11 is 5.33. The minimum Gasteiger partial charge on any atom is -0.379 e. The van der Waals surface area contributed by atoms with E-state index in [1.165, 1.54) is 0 Å². The number of halogens is 1. The zero-order valence-electron chi connectivity index (χ0n) is 7.05. The van der Waals surface area contributed by atoms with Crippen molar-refractivity contribution in [3.8, 4) is 0 Å². The topological polar surface area (TPSA) is 55.4 Å². The molecule has 12 heavy (non-hydrogen) atoms. The average Bonchev–Trinajstić information content (AvgIpc) is 2.04. The maximum Gasteiger partial charge on any atom is 0.211 e. The predicted molar refractivity (Wildman–Crippen MR) is 49.0 cm³/mol. The first-order valence-electron chi connectivity index (χ1n) is 3.73. The highest BCUT2D eigenvalue weighted by Crippen LogP contribution is 1.82. The van der Waals surface area contributed by atoms with Crippen LogP contribution < -0.4 is 4.72 Å². The molecule has 0 aliphatic heterocycles. The SMILES string of the molecule is CCS(=O)(=O)NCCOCCCl. The quantitative estimate of drug-likeness (QED) is 0.487. The normalized spacial score (nSPS) is 11.8. The van der Waals surface area contributed by atoms with E-state index in [1.54, 1.807) is 6.92 Å². The molecule has 0 aromatic carbocycles. The second-order valence-electron chi connectivity index (χ2n) is 2.10. The Kier molecular flexibility index (Phi) is 6.74. The number of rotatable bonds is 7. The van der Waals surface area contributed by atoms with E-state index in [-0.39, 0.29) is 5.75 Å². The lowest BCUT2D eigenvalue weighted by molar-refractivity contribution is 0.155. The summed E-state index contributed by atoms with van der Waals surface area (Å²) in [6.45, 7) is 2.72. The maximum atomic E-state index is 10.8. The van der Waals surface area contributed by atoms with Crippen molar-refractivity contribution >= 4 is 21.6 Å². The Labute approximate surface area is 78.3 Å². The average molecular weight is 216 g/mol. The molecule has 74 valence electrons. The summed E-state index contributed by atoms with van der Waals surface area (Å²) in [5.41, 5.74) is 0. The molecule has 0 aliphatic carbocycles. The van der Waals surface area contributed by atoms with Crippen molar-refractivity contribution in [1.29, 1.82) is 0 Å². The van der Waals surface area contributed by atoms with Crippen LogP contribution in [0, 0.1) is 0 Å². The van der Waals surface area contributed by atoms with Gasteiger partial charge in [-0.3, -0.25) is 0 Å². The van der Waals surface area contributed by atoms with Gasteiger partial charge in [-0.1, -0.05) is 0 Å². The molecular weight excluding hydrogens is 202 g/mol. The summed E-state index contributed by atoms with van der Waals surface area (Å²) in [6, 6.07) is 0. The molecule has 0 saturated heterocycles. The Morgan fingerprint density at radius 3 is 2.58 bits per heavy atom. The molecular formula is C6H14ClNO3S. The summed E-state index contributed by atoms with van der Waals surface area (Å²) in [4.78, 5) is 0. The van der Waals surface area contributed by atoms with Gasteiger partial charge in [-0.05, 0) is 6.92 Å². The summed E-state index contributed by atoms with van der Waals surface area (Å²) in [5, 5.41) is 0. The van der Waals surface area contributed by atoms with Gasteiger partial charge in [-0.25, -0.2) is 13.1 Å². The molecule has 0 spiro atoms. The maximum absolute atomic E-state index is 10.8. The van der Waals surface area contributed by atoms with Gasteiger partial charge in [0.1, 0.15) is 0 Å². The number of sulfonamides is 1. The lowest BCUT2D eigenvalue weighted by Crippen LogP contribution is -2.28. The number of alkyl halides is 1. The molecule has 1 N–H and O–H groups in total. The van der Waals surface area contributed by atoms with Gasteiger partial charge in [0.25, 0.3) is 0 Å². The number of hydrogen-bond donors (Lipinski definition) is 1. The monoisotopic (exact) mass is 215 g/mol. The molecule has 0 amide bonds. The Hall–Kier alpha value is 0.160. The molecule has 6 heteroatoms. The van der Waals surface area contributed by atoms with E-state index in [2.05, 4.69) is 4.72 Å². The fraction of sp³-hybridized carbons (Fsp3) is 1.00. The smallest absolute Gasteiger partial charge is 0.211 e. The third-order valence-corrected chi connectivity index (χ3v) is 2.73. The Bertz CT molecular complexity index is 193. The second-order valence-corrected chi connectivity index (χ2v) is 4.57. The zero-order chi connectivity index (χ0) is 9.45. The summed E-state index contributed by atoms with van der Waals surface area (Å²) in [7, 11) is -3.07. The van der Waals surface area contributed by atoms with Crippen molar-refractivity contribution in [3.63, 3.8) is 0 Å². The molecule has 0 saturated carbocycles. The minimum atomic E-state index is -3.07. The van der Waals surface area contributed by atoms with Crippen molar-refractivity contribution in [2.45, 2.75) is 6.92 Å². The van der Waals surface area contributed by atoms with Gasteiger partial charge in [0.05, 0.1) is 19.0 Å². The van der Waals surface area contributed by atoms with Crippen LogP contribution in [0.3, 0.4) is 0 Å². The van der Waals surface area contributed by atoms with Gasteiger partial charge in [0, 0.05) is 12.4 Å². The van der Waals surface area contributed by atoms with Crippen molar-refractivity contribution in [2.75, 3.05) is 31.4 Å². The summed E-state index contributed by atoms with van der Waals surface area (Å²) in [6.07, 6.45) is 0. The Balaban J connectivity index is 3.32. The molecule has 0 radical (unpaired) electrons. The lowest BCUT2D eigenvalue weighted by atomic mass is 10.7. The van der Waals surface area contributed by atoms with Crippen LogP contribution in [0.4, 0.5) is 0 Å². The van der Waals surface area contributed by atoms with Crippen molar-refractivity contribution in [2.24, 2.45) is 0 Å². The first kappa shape index (κ1) is 12.2. The first-order valence-corrected chi connectivity index (χ1v) is 5.92. The third-order valence-electron chi connectivity index (χ3n) is 1.17. The van der Waals surface area contributed by atoms with Gasteiger partial charge in [-0.2, -0.15) is 0 Å². The van der Waals surface area contributed by atoms with E-state index in [0.717, 1.165) is 0 Å². The van der Waals surface area contributed by atoms with E-state index in [1.807, 2.05) is 0 Å². The zero-order valence-corrected chi connectivity index (χ0v) is 8.62. The van der Waals surface area contributed by atoms with Crippen LogP contribution in [0.25, 0.3) is 0 Å². The summed E-state index contributed by atoms with van der Waals surface area (Å²) < 4.78 is 29.0. The van der Waals surface area contributed by atoms with E-state index in [4.69, 9.17) is 16.3 Å². The first-order chi connectivity index (χ1) is 5.62. The van der Waals surface area contributed by atoms with Crippen LogP contribution in [0.1, 0.15) is 6.92 Å². The van der Waals surface area contributed by atoms with E-state index in [0.29, 0.717) is 25.6 Å². The van der Waals surface area contributed by atoms with Crippen LogP contribution >= 0.6 is 11.6 Å². The largest absolute Gasteiger partial charge is 0.379 e. The van der Waals surface area contributed by atoms with E-state index >= 15 is 0 Å². The van der Waals surface area contributed by atoms with E-state index < -0.39 is 10.0 Å². The molecule has 0 rings (SSSR count). The van der Waals surface area contributed by atoms with Crippen LogP contribution in [-0.2, 0) is 14.8 Å². The van der Waals surface area contributed by atoms with Crippen LogP contribution in [0.2, 0.25) is 0 Å². The highest BCUT2D eigenvalue weighted by atomic mass is 35.5. The standard InChI is InChI=1S/C6H14ClNO3S/c1-2-12(9,10)8-4-6-11-5-3-7/h8H,2-6H2,1H3. The second kappa shape index (κ2) is 6.65. The van der Waals surface area contributed by atoms with E-state index in [9.17, 15) is 8.42 Å². The molecule has 0 fully saturated rings. The Morgan fingerprint density at radius 1 is 1.42 bits per heavy atom. The van der Waals surface area contributed by atoms with Crippen molar-refractivity contribution in [3.05, 3.63) is 0 Å². The van der Waals surface area contributed by atoms with Crippen molar-refractivity contribution in [1.82, 2.24) is 4.72 Å².